The van der Waals surface area contributed by atoms with Crippen molar-refractivity contribution < 1.29 is 4.79 Å². The van der Waals surface area contributed by atoms with Crippen LogP contribution in [0.25, 0.3) is 23.0 Å². The van der Waals surface area contributed by atoms with Crippen molar-refractivity contribution in [3.63, 3.8) is 0 Å². The summed E-state index contributed by atoms with van der Waals surface area (Å²) in [5, 5.41) is 5.99. The number of fused-ring (bicyclic) bond motifs is 1. The highest BCUT2D eigenvalue weighted by Crippen LogP contribution is 2.31. The number of thiazole rings is 1. The van der Waals surface area contributed by atoms with Crippen molar-refractivity contribution >= 4 is 51.7 Å². The predicted molar refractivity (Wildman–Crippen MR) is 156 cm³/mol. The molecule has 0 bridgehead atoms. The molecule has 4 aromatic rings. The zero-order chi connectivity index (χ0) is 26.4. The Morgan fingerprint density at radius 1 is 0.842 bits per heavy atom. The van der Waals surface area contributed by atoms with Crippen LogP contribution >= 0.6 is 11.3 Å². The molecule has 1 aromatic heterocycles. The van der Waals surface area contributed by atoms with Gasteiger partial charge in [0, 0.05) is 12.2 Å². The SMILES string of the molecule is CCN1/C(=c2/s/c(=C3/C(=O)N(c4ccccc4)N=C3C)n(-c3ccccc3)c2=O)C=Cc2cc(C)ccc21. The van der Waals surface area contributed by atoms with Crippen LogP contribution in [0.15, 0.2) is 94.8 Å². The second-order valence-electron chi connectivity index (χ2n) is 9.25. The first kappa shape index (κ1) is 23.9. The smallest absolute Gasteiger partial charge is 0.283 e. The molecule has 188 valence electrons. The highest BCUT2D eigenvalue weighted by Gasteiger charge is 2.32. The van der Waals surface area contributed by atoms with Crippen molar-refractivity contribution in [2.24, 2.45) is 5.10 Å². The molecule has 38 heavy (non-hydrogen) atoms. The maximum Gasteiger partial charge on any atom is 0.283 e. The number of anilines is 2. The van der Waals surface area contributed by atoms with E-state index in [1.807, 2.05) is 73.7 Å². The number of para-hydroxylation sites is 2. The van der Waals surface area contributed by atoms with Crippen molar-refractivity contribution in [1.82, 2.24) is 4.57 Å². The van der Waals surface area contributed by atoms with E-state index in [1.54, 1.807) is 4.57 Å². The minimum absolute atomic E-state index is 0.156. The molecule has 0 spiro atoms. The number of likely N-dealkylation sites (N-methyl/N-ethyl adjacent to an activating group) is 1. The molecule has 3 aromatic carbocycles. The van der Waals surface area contributed by atoms with Gasteiger partial charge in [0.05, 0.1) is 28.4 Å². The van der Waals surface area contributed by atoms with Gasteiger partial charge in [-0.05, 0) is 68.8 Å². The summed E-state index contributed by atoms with van der Waals surface area (Å²) in [7, 11) is 0. The molecule has 6 nitrogen and oxygen atoms in total. The summed E-state index contributed by atoms with van der Waals surface area (Å²) in [6.07, 6.45) is 4.07. The van der Waals surface area contributed by atoms with Gasteiger partial charge >= 0.3 is 0 Å². The monoisotopic (exact) mass is 518 g/mol. The van der Waals surface area contributed by atoms with E-state index in [-0.39, 0.29) is 11.5 Å². The van der Waals surface area contributed by atoms with Crippen molar-refractivity contribution in [1.29, 1.82) is 0 Å². The van der Waals surface area contributed by atoms with E-state index in [1.165, 1.54) is 21.9 Å². The molecule has 0 atom stereocenters. The molecule has 2 aliphatic rings. The molecule has 0 aliphatic carbocycles. The highest BCUT2D eigenvalue weighted by atomic mass is 32.1. The van der Waals surface area contributed by atoms with Crippen molar-refractivity contribution in [3.8, 4) is 5.69 Å². The average molecular weight is 519 g/mol. The molecular weight excluding hydrogens is 492 g/mol. The van der Waals surface area contributed by atoms with Gasteiger partial charge in [0.1, 0.15) is 9.20 Å². The van der Waals surface area contributed by atoms with Gasteiger partial charge in [-0.3, -0.25) is 14.2 Å². The molecule has 0 saturated carbocycles. The molecule has 2 aliphatic heterocycles. The van der Waals surface area contributed by atoms with Gasteiger partial charge in [-0.1, -0.05) is 54.1 Å². The fraction of sp³-hybridized carbons (Fsp3) is 0.129. The summed E-state index contributed by atoms with van der Waals surface area (Å²) in [6, 6.07) is 25.2. The van der Waals surface area contributed by atoms with E-state index in [4.69, 9.17) is 0 Å². The molecule has 7 heteroatoms. The first-order valence-electron chi connectivity index (χ1n) is 12.5. The van der Waals surface area contributed by atoms with Gasteiger partial charge in [-0.25, -0.2) is 0 Å². The molecule has 0 radical (unpaired) electrons. The Labute approximate surface area is 224 Å². The summed E-state index contributed by atoms with van der Waals surface area (Å²) in [5.74, 6) is -0.247. The van der Waals surface area contributed by atoms with E-state index in [0.29, 0.717) is 38.4 Å². The van der Waals surface area contributed by atoms with E-state index >= 15 is 0 Å². The zero-order valence-electron chi connectivity index (χ0n) is 21.4. The topological polar surface area (TPSA) is 57.9 Å². The second-order valence-corrected chi connectivity index (χ2v) is 10.2. The number of aryl methyl sites for hydroxylation is 1. The maximum atomic E-state index is 14.2. The van der Waals surface area contributed by atoms with Crippen molar-refractivity contribution in [3.05, 3.63) is 116 Å². The lowest BCUT2D eigenvalue weighted by Crippen LogP contribution is -2.36. The Kier molecular flexibility index (Phi) is 5.93. The number of rotatable bonds is 3. The van der Waals surface area contributed by atoms with Crippen LogP contribution in [-0.2, 0) is 4.79 Å². The Balaban J connectivity index is 1.66. The average Bonchev–Trinajstić information content (AvgIpc) is 3.43. The molecule has 3 heterocycles. The van der Waals surface area contributed by atoms with E-state index in [2.05, 4.69) is 48.1 Å². The molecule has 0 saturated heterocycles. The minimum Gasteiger partial charge on any atom is -0.340 e. The van der Waals surface area contributed by atoms with Crippen LogP contribution in [-0.4, -0.2) is 22.7 Å². The minimum atomic E-state index is -0.247. The molecular formula is C31H26N4O2S. The number of nitrogens with zero attached hydrogens (tertiary/aromatic N) is 4. The fourth-order valence-electron chi connectivity index (χ4n) is 4.99. The van der Waals surface area contributed by atoms with Crippen LogP contribution in [0.4, 0.5) is 11.4 Å². The van der Waals surface area contributed by atoms with Gasteiger partial charge in [-0.15, -0.1) is 11.3 Å². The van der Waals surface area contributed by atoms with Gasteiger partial charge in [0.2, 0.25) is 0 Å². The van der Waals surface area contributed by atoms with Crippen LogP contribution in [0.3, 0.4) is 0 Å². The molecule has 0 N–H and O–H groups in total. The van der Waals surface area contributed by atoms with E-state index < -0.39 is 0 Å². The quantitative estimate of drug-likeness (QED) is 0.403. The van der Waals surface area contributed by atoms with Crippen molar-refractivity contribution in [2.75, 3.05) is 16.5 Å². The number of benzene rings is 3. The first-order valence-corrected chi connectivity index (χ1v) is 13.4. The van der Waals surface area contributed by atoms with Gasteiger partial charge < -0.3 is 4.90 Å². The van der Waals surface area contributed by atoms with Gasteiger partial charge in [0.15, 0.2) is 0 Å². The Morgan fingerprint density at radius 2 is 1.53 bits per heavy atom. The summed E-state index contributed by atoms with van der Waals surface area (Å²) in [6.45, 7) is 6.68. The fourth-order valence-corrected chi connectivity index (χ4v) is 6.26. The third kappa shape index (κ3) is 3.83. The first-order chi connectivity index (χ1) is 18.5. The number of carbonyl (C=O) groups is 1. The number of carbonyl (C=O) groups excluding carboxylic acids is 1. The lowest BCUT2D eigenvalue weighted by molar-refractivity contribution is -0.112. The summed E-state index contributed by atoms with van der Waals surface area (Å²) < 4.78 is 2.81. The third-order valence-corrected chi connectivity index (χ3v) is 7.95. The number of hydrogen-bond donors (Lipinski definition) is 0. The van der Waals surface area contributed by atoms with Crippen LogP contribution in [0.1, 0.15) is 25.0 Å². The van der Waals surface area contributed by atoms with Gasteiger partial charge in [0.25, 0.3) is 11.5 Å². The molecule has 6 rings (SSSR count). The lowest BCUT2D eigenvalue weighted by atomic mass is 10.0. The standard InChI is InChI=1S/C31H26N4O2S/c1-4-33-25-17-15-20(2)19-22(25)16-18-26(33)28-30(37)34(23-11-7-5-8-12-23)31(38-28)27-21(3)32-35(29(27)36)24-13-9-6-10-14-24/h5-19H,4H2,1-3H3/b28-26+,31-27+. The Morgan fingerprint density at radius 3 is 2.21 bits per heavy atom. The third-order valence-electron chi connectivity index (χ3n) is 6.78. The van der Waals surface area contributed by atoms with Gasteiger partial charge in [-0.2, -0.15) is 10.1 Å². The highest BCUT2D eigenvalue weighted by molar-refractivity contribution is 7.08. The van der Waals surface area contributed by atoms with Crippen LogP contribution in [0, 0.1) is 6.92 Å². The number of aromatic nitrogens is 1. The Bertz CT molecular complexity index is 1820. The van der Waals surface area contributed by atoms with Crippen molar-refractivity contribution in [2.45, 2.75) is 20.8 Å². The lowest BCUT2D eigenvalue weighted by Gasteiger charge is -2.29. The Hall–Kier alpha value is -4.49. The maximum absolute atomic E-state index is 14.2. The van der Waals surface area contributed by atoms with E-state index in [9.17, 15) is 9.59 Å². The van der Waals surface area contributed by atoms with Crippen LogP contribution in [0.5, 0.6) is 0 Å². The molecule has 0 fully saturated rings. The van der Waals surface area contributed by atoms with Crippen LogP contribution in [0.2, 0.25) is 0 Å². The summed E-state index contributed by atoms with van der Waals surface area (Å²) in [4.78, 5) is 30.1. The molecule has 0 unspecified atom stereocenters. The number of hydrazone groups is 1. The normalized spacial score (nSPS) is 17.7. The van der Waals surface area contributed by atoms with E-state index in [0.717, 1.165) is 16.9 Å². The summed E-state index contributed by atoms with van der Waals surface area (Å²) >= 11 is 1.34. The molecule has 1 amide bonds. The number of amides is 1. The second kappa shape index (κ2) is 9.43. The van der Waals surface area contributed by atoms with Crippen LogP contribution < -0.4 is 24.7 Å². The predicted octanol–water partition coefficient (Wildman–Crippen LogP) is 4.44. The summed E-state index contributed by atoms with van der Waals surface area (Å²) in [5.41, 5.74) is 6.45. The zero-order valence-corrected chi connectivity index (χ0v) is 22.2. The number of hydrogen-bond acceptors (Lipinski definition) is 5. The largest absolute Gasteiger partial charge is 0.340 e.